The molecular formula is C15H23BrN4O. The number of halogens is 1. The van der Waals surface area contributed by atoms with E-state index in [0.29, 0.717) is 10.4 Å². The Morgan fingerprint density at radius 2 is 2.19 bits per heavy atom. The molecule has 5 nitrogen and oxygen atoms in total. The monoisotopic (exact) mass is 354 g/mol. The minimum atomic E-state index is -0.0264. The van der Waals surface area contributed by atoms with Gasteiger partial charge >= 0.3 is 0 Å². The molecule has 116 valence electrons. The van der Waals surface area contributed by atoms with Crippen LogP contribution in [0.5, 0.6) is 0 Å². The van der Waals surface area contributed by atoms with Crippen molar-refractivity contribution >= 4 is 21.6 Å². The summed E-state index contributed by atoms with van der Waals surface area (Å²) in [6.07, 6.45) is 6.87. The maximum absolute atomic E-state index is 12.2. The van der Waals surface area contributed by atoms with Crippen molar-refractivity contribution in [2.75, 3.05) is 25.0 Å². The molecule has 1 heterocycles. The largest absolute Gasteiger partial charge is 0.381 e. The van der Waals surface area contributed by atoms with Crippen LogP contribution in [0.2, 0.25) is 0 Å². The highest BCUT2D eigenvalue weighted by molar-refractivity contribution is 9.10. The molecule has 2 aliphatic rings. The Morgan fingerprint density at radius 1 is 1.43 bits per heavy atom. The molecule has 0 atom stereocenters. The number of anilines is 1. The van der Waals surface area contributed by atoms with Crippen LogP contribution in [0.1, 0.15) is 32.6 Å². The predicted octanol–water partition coefficient (Wildman–Crippen LogP) is 2.31. The first-order chi connectivity index (χ1) is 10.2. The van der Waals surface area contributed by atoms with Gasteiger partial charge in [-0.3, -0.25) is 9.69 Å². The third-order valence-electron chi connectivity index (χ3n) is 4.30. The average molecular weight is 355 g/mol. The molecule has 3 rings (SSSR count). The number of hydrogen-bond acceptors (Lipinski definition) is 4. The van der Waals surface area contributed by atoms with E-state index in [1.165, 1.54) is 25.7 Å². The normalized spacial score (nSPS) is 18.2. The van der Waals surface area contributed by atoms with Crippen LogP contribution in [-0.2, 0) is 6.54 Å². The average Bonchev–Trinajstić information content (AvgIpc) is 3.35. The van der Waals surface area contributed by atoms with E-state index < -0.39 is 0 Å². The summed E-state index contributed by atoms with van der Waals surface area (Å²) >= 11 is 3.42. The summed E-state index contributed by atoms with van der Waals surface area (Å²) in [7, 11) is 0. The first-order valence-electron chi connectivity index (χ1n) is 7.92. The van der Waals surface area contributed by atoms with Gasteiger partial charge in [-0.2, -0.15) is 5.10 Å². The Bertz CT molecular complexity index is 551. The second-order valence-corrected chi connectivity index (χ2v) is 6.88. The van der Waals surface area contributed by atoms with Gasteiger partial charge in [0.15, 0.2) is 0 Å². The molecule has 1 aromatic heterocycles. The summed E-state index contributed by atoms with van der Waals surface area (Å²) in [6, 6.07) is 0.782. The van der Waals surface area contributed by atoms with Crippen LogP contribution in [0.15, 0.2) is 15.5 Å². The fourth-order valence-electron chi connectivity index (χ4n) is 2.64. The smallest absolute Gasteiger partial charge is 0.283 e. The van der Waals surface area contributed by atoms with Crippen molar-refractivity contribution in [2.45, 2.75) is 45.2 Å². The fraction of sp³-hybridized carbons (Fsp3) is 0.733. The van der Waals surface area contributed by atoms with E-state index >= 15 is 0 Å². The number of nitrogens with one attached hydrogen (secondary N) is 1. The van der Waals surface area contributed by atoms with Crippen molar-refractivity contribution in [1.29, 1.82) is 0 Å². The predicted molar refractivity (Wildman–Crippen MR) is 87.7 cm³/mol. The van der Waals surface area contributed by atoms with Crippen molar-refractivity contribution in [1.82, 2.24) is 14.7 Å². The highest BCUT2D eigenvalue weighted by Crippen LogP contribution is 2.30. The molecular weight excluding hydrogens is 332 g/mol. The van der Waals surface area contributed by atoms with Crippen molar-refractivity contribution in [3.63, 3.8) is 0 Å². The Balaban J connectivity index is 1.57. The Morgan fingerprint density at radius 3 is 2.81 bits per heavy atom. The summed E-state index contributed by atoms with van der Waals surface area (Å²) in [5.41, 5.74) is 0.778. The summed E-state index contributed by atoms with van der Waals surface area (Å²) in [5, 5.41) is 7.62. The third kappa shape index (κ3) is 3.86. The molecule has 1 aromatic rings. The maximum Gasteiger partial charge on any atom is 0.283 e. The molecule has 0 aromatic carbocycles. The lowest BCUT2D eigenvalue weighted by Gasteiger charge is -2.20. The Labute approximate surface area is 133 Å². The zero-order valence-corrected chi connectivity index (χ0v) is 14.1. The molecule has 1 N–H and O–H groups in total. The minimum Gasteiger partial charge on any atom is -0.381 e. The lowest BCUT2D eigenvalue weighted by atomic mass is 10.4. The fourth-order valence-corrected chi connectivity index (χ4v) is 3.08. The second-order valence-electron chi connectivity index (χ2n) is 6.09. The number of likely N-dealkylation sites (N-methyl/N-ethyl adjacent to an activating group) is 1. The first kappa shape index (κ1) is 15.0. The standard InChI is InChI=1S/C15H23BrN4O/c1-2-19(12-5-6-12)8-7-17-13-9-18-20(10-11-3-4-11)15(21)14(13)16/h9,11-12,17H,2-8,10H2,1H3. The van der Waals surface area contributed by atoms with E-state index in [9.17, 15) is 4.79 Å². The topological polar surface area (TPSA) is 50.2 Å². The molecule has 0 saturated heterocycles. The van der Waals surface area contributed by atoms with Crippen LogP contribution in [0.3, 0.4) is 0 Å². The van der Waals surface area contributed by atoms with Gasteiger partial charge in [0.05, 0.1) is 11.9 Å². The van der Waals surface area contributed by atoms with Crippen molar-refractivity contribution in [2.24, 2.45) is 5.92 Å². The van der Waals surface area contributed by atoms with Crippen LogP contribution in [0.4, 0.5) is 5.69 Å². The van der Waals surface area contributed by atoms with Gasteiger partial charge in [0, 0.05) is 25.7 Å². The maximum atomic E-state index is 12.2. The molecule has 6 heteroatoms. The molecule has 0 amide bonds. The molecule has 0 aliphatic heterocycles. The number of hydrogen-bond donors (Lipinski definition) is 1. The molecule has 0 unspecified atom stereocenters. The molecule has 0 radical (unpaired) electrons. The Kier molecular flexibility index (Phi) is 4.64. The van der Waals surface area contributed by atoms with Crippen LogP contribution in [0.25, 0.3) is 0 Å². The molecule has 0 bridgehead atoms. The van der Waals surface area contributed by atoms with E-state index in [-0.39, 0.29) is 5.56 Å². The number of nitrogens with zero attached hydrogens (tertiary/aromatic N) is 3. The molecule has 2 aliphatic carbocycles. The van der Waals surface area contributed by atoms with Gasteiger partial charge in [-0.25, -0.2) is 4.68 Å². The van der Waals surface area contributed by atoms with E-state index in [4.69, 9.17) is 0 Å². The van der Waals surface area contributed by atoms with Gasteiger partial charge in [0.2, 0.25) is 0 Å². The van der Waals surface area contributed by atoms with E-state index in [1.54, 1.807) is 10.9 Å². The lowest BCUT2D eigenvalue weighted by molar-refractivity contribution is 0.289. The van der Waals surface area contributed by atoms with Gasteiger partial charge in [0.25, 0.3) is 5.56 Å². The zero-order chi connectivity index (χ0) is 14.8. The van der Waals surface area contributed by atoms with Gasteiger partial charge in [-0.1, -0.05) is 6.92 Å². The summed E-state index contributed by atoms with van der Waals surface area (Å²) < 4.78 is 2.18. The van der Waals surface area contributed by atoms with Gasteiger partial charge in [0.1, 0.15) is 4.47 Å². The summed E-state index contributed by atoms with van der Waals surface area (Å²) in [6.45, 7) is 5.90. The second kappa shape index (κ2) is 6.48. The summed E-state index contributed by atoms with van der Waals surface area (Å²) in [4.78, 5) is 14.7. The first-order valence-corrected chi connectivity index (χ1v) is 8.72. The van der Waals surface area contributed by atoms with E-state index in [2.05, 4.69) is 38.2 Å². The van der Waals surface area contributed by atoms with E-state index in [0.717, 1.165) is 37.9 Å². The van der Waals surface area contributed by atoms with Crippen molar-refractivity contribution < 1.29 is 0 Å². The van der Waals surface area contributed by atoms with Crippen molar-refractivity contribution in [3.05, 3.63) is 21.0 Å². The molecule has 2 fully saturated rings. The number of rotatable bonds is 8. The van der Waals surface area contributed by atoms with E-state index in [1.807, 2.05) is 0 Å². The highest BCUT2D eigenvalue weighted by Gasteiger charge is 2.27. The Hall–Kier alpha value is -0.880. The molecule has 2 saturated carbocycles. The van der Waals surface area contributed by atoms with Gasteiger partial charge in [-0.05, 0) is 54.1 Å². The van der Waals surface area contributed by atoms with Crippen LogP contribution >= 0.6 is 15.9 Å². The van der Waals surface area contributed by atoms with Gasteiger partial charge < -0.3 is 5.32 Å². The summed E-state index contributed by atoms with van der Waals surface area (Å²) in [5.74, 6) is 0.651. The molecule has 21 heavy (non-hydrogen) atoms. The van der Waals surface area contributed by atoms with Crippen LogP contribution < -0.4 is 10.9 Å². The van der Waals surface area contributed by atoms with Gasteiger partial charge in [-0.15, -0.1) is 0 Å². The molecule has 0 spiro atoms. The zero-order valence-electron chi connectivity index (χ0n) is 12.5. The SMILES string of the molecule is CCN(CCNc1cnn(CC2CC2)c(=O)c1Br)C1CC1. The van der Waals surface area contributed by atoms with Crippen LogP contribution in [0, 0.1) is 5.92 Å². The number of aromatic nitrogens is 2. The van der Waals surface area contributed by atoms with Crippen LogP contribution in [-0.4, -0.2) is 40.4 Å². The minimum absolute atomic E-state index is 0.0264. The third-order valence-corrected chi connectivity index (χ3v) is 5.06. The van der Waals surface area contributed by atoms with Crippen molar-refractivity contribution in [3.8, 4) is 0 Å². The lowest BCUT2D eigenvalue weighted by Crippen LogP contribution is -2.31. The quantitative estimate of drug-likeness (QED) is 0.778. The highest BCUT2D eigenvalue weighted by atomic mass is 79.9.